The van der Waals surface area contributed by atoms with Crippen molar-refractivity contribution >= 4 is 22.1 Å². The fourth-order valence-electron chi connectivity index (χ4n) is 3.40. The van der Waals surface area contributed by atoms with Gasteiger partial charge in [-0.2, -0.15) is 0 Å². The van der Waals surface area contributed by atoms with Crippen LogP contribution < -0.4 is 0 Å². The predicted molar refractivity (Wildman–Crippen MR) is 127 cm³/mol. The molecule has 0 saturated heterocycles. The van der Waals surface area contributed by atoms with Crippen LogP contribution in [0.4, 0.5) is 0 Å². The first-order chi connectivity index (χ1) is 15.8. The van der Waals surface area contributed by atoms with Crippen LogP contribution >= 0.6 is 0 Å². The van der Waals surface area contributed by atoms with Gasteiger partial charge in [-0.3, -0.25) is 0 Å². The fourth-order valence-corrected chi connectivity index (χ4v) is 3.40. The Kier molecular flexibility index (Phi) is 7.04. The number of para-hydroxylation sites is 1. The van der Waals surface area contributed by atoms with Crippen molar-refractivity contribution in [2.75, 3.05) is 0 Å². The molecular formula is C28H19IrN3O-2. The SMILES string of the molecule is Cc1ccc(-c2[c-]cccc2)nc1.[Ir].[c-]1nc2oc3ccccc3c2cc1-c1ccccn1. The molecule has 5 heteroatoms. The van der Waals surface area contributed by atoms with Gasteiger partial charge in [0.2, 0.25) is 0 Å². The zero-order chi connectivity index (χ0) is 21.8. The number of furan rings is 1. The fraction of sp³-hybridized carbons (Fsp3) is 0.0357. The molecule has 0 fully saturated rings. The van der Waals surface area contributed by atoms with Gasteiger partial charge in [-0.05, 0) is 47.6 Å². The zero-order valence-corrected chi connectivity index (χ0v) is 20.2. The average molecular weight is 606 g/mol. The van der Waals surface area contributed by atoms with Crippen LogP contribution in [0.3, 0.4) is 0 Å². The molecule has 6 aromatic rings. The predicted octanol–water partition coefficient (Wildman–Crippen LogP) is 6.70. The van der Waals surface area contributed by atoms with Crippen LogP contribution in [0.25, 0.3) is 44.6 Å². The Morgan fingerprint density at radius 3 is 2.33 bits per heavy atom. The first-order valence-corrected chi connectivity index (χ1v) is 10.3. The van der Waals surface area contributed by atoms with Gasteiger partial charge in [-0.1, -0.05) is 42.5 Å². The summed E-state index contributed by atoms with van der Waals surface area (Å²) in [6, 6.07) is 30.8. The number of hydrogen-bond donors (Lipinski definition) is 0. The standard InChI is InChI=1S/C16H9N2O.C12H10N.Ir/c1-2-7-15-12(5-1)13-9-11(10-18-16(13)19-15)14-6-3-4-8-17-14;1-10-7-8-12(13-9-10)11-5-3-2-4-6-11;/h1-9H;2-5,7-9H,1H3;/q2*-1;. The van der Waals surface area contributed by atoms with Gasteiger partial charge in [0.1, 0.15) is 11.3 Å². The molecule has 0 N–H and O–H groups in total. The first-order valence-electron chi connectivity index (χ1n) is 10.3. The molecule has 0 saturated carbocycles. The molecule has 0 spiro atoms. The van der Waals surface area contributed by atoms with Crippen molar-refractivity contribution in [3.8, 4) is 22.5 Å². The van der Waals surface area contributed by atoms with E-state index >= 15 is 0 Å². The maximum absolute atomic E-state index is 5.68. The van der Waals surface area contributed by atoms with Crippen LogP contribution in [-0.2, 0) is 20.1 Å². The quantitative estimate of drug-likeness (QED) is 0.206. The number of aryl methyl sites for hydroxylation is 1. The summed E-state index contributed by atoms with van der Waals surface area (Å²) in [5.74, 6) is 0. The number of fused-ring (bicyclic) bond motifs is 3. The van der Waals surface area contributed by atoms with Gasteiger partial charge in [0.25, 0.3) is 0 Å². The molecule has 4 nitrogen and oxygen atoms in total. The summed E-state index contributed by atoms with van der Waals surface area (Å²) in [6.07, 6.45) is 6.62. The van der Waals surface area contributed by atoms with Gasteiger partial charge in [-0.15, -0.1) is 47.5 Å². The van der Waals surface area contributed by atoms with E-state index in [0.717, 1.165) is 38.9 Å². The van der Waals surface area contributed by atoms with Crippen LogP contribution in [0.5, 0.6) is 0 Å². The van der Waals surface area contributed by atoms with Crippen LogP contribution in [0.2, 0.25) is 0 Å². The number of nitrogens with zero attached hydrogens (tertiary/aromatic N) is 3. The maximum atomic E-state index is 5.68. The van der Waals surface area contributed by atoms with Gasteiger partial charge < -0.3 is 19.4 Å². The number of aromatic nitrogens is 3. The van der Waals surface area contributed by atoms with Crippen LogP contribution in [0.1, 0.15) is 5.56 Å². The Morgan fingerprint density at radius 1 is 0.758 bits per heavy atom. The van der Waals surface area contributed by atoms with Gasteiger partial charge in [-0.25, -0.2) is 0 Å². The van der Waals surface area contributed by atoms with Crippen molar-refractivity contribution in [2.24, 2.45) is 0 Å². The smallest absolute Gasteiger partial charge is 0.141 e. The number of pyridine rings is 3. The van der Waals surface area contributed by atoms with Crippen molar-refractivity contribution < 1.29 is 24.5 Å². The van der Waals surface area contributed by atoms with Crippen LogP contribution in [0, 0.1) is 19.2 Å². The Morgan fingerprint density at radius 2 is 1.58 bits per heavy atom. The molecule has 163 valence electrons. The molecule has 4 heterocycles. The van der Waals surface area contributed by atoms with E-state index in [1.165, 1.54) is 5.56 Å². The molecule has 0 unspecified atom stereocenters. The monoisotopic (exact) mass is 606 g/mol. The molecule has 0 bridgehead atoms. The Balaban J connectivity index is 0.000000164. The van der Waals surface area contributed by atoms with Crippen molar-refractivity contribution in [2.45, 2.75) is 6.92 Å². The number of benzene rings is 2. The minimum Gasteiger partial charge on any atom is -0.483 e. The minimum atomic E-state index is 0. The van der Waals surface area contributed by atoms with Crippen molar-refractivity contribution in [1.82, 2.24) is 15.0 Å². The summed E-state index contributed by atoms with van der Waals surface area (Å²) in [7, 11) is 0. The van der Waals surface area contributed by atoms with E-state index in [1.807, 2.05) is 92.0 Å². The molecule has 0 aliphatic rings. The third kappa shape index (κ3) is 5.06. The number of rotatable bonds is 2. The van der Waals surface area contributed by atoms with Gasteiger partial charge in [0.15, 0.2) is 0 Å². The molecular weight excluding hydrogens is 587 g/mol. The van der Waals surface area contributed by atoms with E-state index in [9.17, 15) is 0 Å². The first kappa shape index (κ1) is 22.5. The minimum absolute atomic E-state index is 0. The normalized spacial score (nSPS) is 10.3. The van der Waals surface area contributed by atoms with E-state index in [-0.39, 0.29) is 20.1 Å². The Bertz CT molecular complexity index is 1460. The summed E-state index contributed by atoms with van der Waals surface area (Å²) < 4.78 is 5.68. The van der Waals surface area contributed by atoms with E-state index < -0.39 is 0 Å². The Hall–Kier alpha value is -3.66. The van der Waals surface area contributed by atoms with E-state index in [4.69, 9.17) is 4.42 Å². The molecule has 0 atom stereocenters. The molecule has 0 amide bonds. The second-order valence-corrected chi connectivity index (χ2v) is 7.31. The molecule has 4 aromatic heterocycles. The third-order valence-electron chi connectivity index (χ3n) is 5.02. The largest absolute Gasteiger partial charge is 0.483 e. The van der Waals surface area contributed by atoms with Crippen molar-refractivity contribution in [1.29, 1.82) is 0 Å². The summed E-state index contributed by atoms with van der Waals surface area (Å²) >= 11 is 0. The summed E-state index contributed by atoms with van der Waals surface area (Å²) in [5.41, 5.74) is 6.40. The van der Waals surface area contributed by atoms with E-state index in [1.54, 1.807) is 6.20 Å². The second kappa shape index (κ2) is 10.3. The van der Waals surface area contributed by atoms with Crippen molar-refractivity contribution in [3.63, 3.8) is 0 Å². The average Bonchev–Trinajstić information content (AvgIpc) is 3.24. The van der Waals surface area contributed by atoms with Gasteiger partial charge in [0, 0.05) is 37.9 Å². The molecule has 6 rings (SSSR count). The number of hydrogen-bond acceptors (Lipinski definition) is 4. The van der Waals surface area contributed by atoms with E-state index in [0.29, 0.717) is 5.71 Å². The third-order valence-corrected chi connectivity index (χ3v) is 5.02. The van der Waals surface area contributed by atoms with Crippen molar-refractivity contribution in [3.05, 3.63) is 115 Å². The topological polar surface area (TPSA) is 51.8 Å². The van der Waals surface area contributed by atoms with Gasteiger partial charge in [0.05, 0.1) is 0 Å². The van der Waals surface area contributed by atoms with Gasteiger partial charge >= 0.3 is 0 Å². The molecule has 0 aliphatic heterocycles. The summed E-state index contributed by atoms with van der Waals surface area (Å²) in [5, 5.41) is 2.06. The molecule has 0 aliphatic carbocycles. The molecule has 2 aromatic carbocycles. The molecule has 1 radical (unpaired) electrons. The molecule has 33 heavy (non-hydrogen) atoms. The van der Waals surface area contributed by atoms with Crippen LogP contribution in [0.15, 0.2) is 102 Å². The van der Waals surface area contributed by atoms with Crippen LogP contribution in [-0.4, -0.2) is 15.0 Å². The zero-order valence-electron chi connectivity index (χ0n) is 17.8. The van der Waals surface area contributed by atoms with E-state index in [2.05, 4.69) is 33.3 Å². The Labute approximate surface area is 205 Å². The maximum Gasteiger partial charge on any atom is 0.141 e. The summed E-state index contributed by atoms with van der Waals surface area (Å²) in [6.45, 7) is 2.03. The second-order valence-electron chi connectivity index (χ2n) is 7.31. The summed E-state index contributed by atoms with van der Waals surface area (Å²) in [4.78, 5) is 12.9.